The summed E-state index contributed by atoms with van der Waals surface area (Å²) in [7, 11) is 3.67. The van der Waals surface area contributed by atoms with Crippen LogP contribution in [-0.2, 0) is 13.6 Å². The van der Waals surface area contributed by atoms with Crippen LogP contribution in [0.15, 0.2) is 71.7 Å². The maximum Gasteiger partial charge on any atom is 0.255 e. The molecule has 4 heterocycles. The molecule has 2 saturated carbocycles. The summed E-state index contributed by atoms with van der Waals surface area (Å²) in [5.41, 5.74) is 12.9. The number of hydrogen-bond acceptors (Lipinski definition) is 5. The molecule has 1 amide bonds. The minimum atomic E-state index is -0.0785. The van der Waals surface area contributed by atoms with Crippen molar-refractivity contribution in [2.24, 2.45) is 24.6 Å². The van der Waals surface area contributed by atoms with Gasteiger partial charge < -0.3 is 29.5 Å². The van der Waals surface area contributed by atoms with E-state index in [2.05, 4.69) is 44.5 Å². The van der Waals surface area contributed by atoms with Crippen molar-refractivity contribution in [3.63, 3.8) is 0 Å². The maximum atomic E-state index is 13.8. The van der Waals surface area contributed by atoms with Crippen LogP contribution in [0.5, 0.6) is 5.75 Å². The number of nitrogens with zero attached hydrogens (tertiary/aromatic N) is 4. The Morgan fingerprint density at radius 3 is 2.59 bits per heavy atom. The molecule has 2 aliphatic carbocycles. The summed E-state index contributed by atoms with van der Waals surface area (Å²) in [4.78, 5) is 35.9. The fourth-order valence-electron chi connectivity index (χ4n) is 8.01. The lowest BCUT2D eigenvalue weighted by Gasteiger charge is -2.27. The third-order valence-corrected chi connectivity index (χ3v) is 10.7. The number of nitrogens with one attached hydrogen (secondary N) is 1. The number of methoxy groups -OCH3 is 1. The van der Waals surface area contributed by atoms with Crippen molar-refractivity contribution in [2.45, 2.75) is 44.3 Å². The van der Waals surface area contributed by atoms with Crippen LogP contribution in [0, 0.1) is 11.8 Å². The monoisotopic (exact) mass is 612 g/mol. The standard InChI is InChI=1S/C37H36N6O3/c1-41-34-28(14-26(17-32(34)46-2)37(45)43-19-25-8-10-29(43)33(25)38)40-35(41)31-16-24-6-5-22(15-30(24)42(31)18-20-3-4-20)21-7-9-27-23(13-21)11-12-39-36(27)44/h5-7,9,11-17,20,25,29,33H,3-4,8,10,18-19,38H2,1-2H3,(H,39,44)/t25?,29?,33-/m1/s1. The summed E-state index contributed by atoms with van der Waals surface area (Å²) < 4.78 is 10.4. The molecule has 46 heavy (non-hydrogen) atoms. The van der Waals surface area contributed by atoms with Gasteiger partial charge >= 0.3 is 0 Å². The first-order valence-corrected chi connectivity index (χ1v) is 16.2. The number of nitrogens with two attached hydrogens (primary N) is 1. The molecule has 0 spiro atoms. The molecular formula is C37H36N6O3. The van der Waals surface area contributed by atoms with Gasteiger partial charge in [-0.15, -0.1) is 0 Å². The molecule has 3 aliphatic rings. The second-order valence-corrected chi connectivity index (χ2v) is 13.4. The summed E-state index contributed by atoms with van der Waals surface area (Å²) in [5, 5.41) is 2.75. The highest BCUT2D eigenvalue weighted by molar-refractivity contribution is 6.01. The van der Waals surface area contributed by atoms with Crippen molar-refractivity contribution < 1.29 is 9.53 Å². The van der Waals surface area contributed by atoms with Gasteiger partial charge in [-0.25, -0.2) is 4.98 Å². The second kappa shape index (κ2) is 10.1. The van der Waals surface area contributed by atoms with E-state index in [1.54, 1.807) is 13.3 Å². The van der Waals surface area contributed by atoms with Crippen LogP contribution >= 0.6 is 0 Å². The van der Waals surface area contributed by atoms with E-state index in [1.165, 1.54) is 12.8 Å². The summed E-state index contributed by atoms with van der Waals surface area (Å²) in [6.45, 7) is 1.64. The van der Waals surface area contributed by atoms with Gasteiger partial charge in [0.05, 0.1) is 18.3 Å². The Balaban J connectivity index is 1.16. The van der Waals surface area contributed by atoms with E-state index < -0.39 is 0 Å². The molecule has 232 valence electrons. The Kier molecular flexibility index (Phi) is 5.99. The summed E-state index contributed by atoms with van der Waals surface area (Å²) in [6.07, 6.45) is 6.21. The van der Waals surface area contributed by atoms with Crippen LogP contribution in [0.4, 0.5) is 0 Å². The van der Waals surface area contributed by atoms with Crippen LogP contribution < -0.4 is 16.0 Å². The number of pyridine rings is 1. The normalized spacial score (nSPS) is 20.8. The second-order valence-electron chi connectivity index (χ2n) is 13.4. The smallest absolute Gasteiger partial charge is 0.255 e. The number of likely N-dealkylation sites (tertiary alicyclic amines) is 1. The van der Waals surface area contributed by atoms with E-state index in [0.29, 0.717) is 28.5 Å². The number of carbonyl (C=O) groups is 1. The number of imidazole rings is 1. The first-order valence-electron chi connectivity index (χ1n) is 16.2. The quantitative estimate of drug-likeness (QED) is 0.251. The summed E-state index contributed by atoms with van der Waals surface area (Å²) in [6, 6.07) is 20.7. The van der Waals surface area contributed by atoms with Crippen LogP contribution in [0.3, 0.4) is 0 Å². The van der Waals surface area contributed by atoms with E-state index in [-0.39, 0.29) is 23.6 Å². The summed E-state index contributed by atoms with van der Waals surface area (Å²) in [5.74, 6) is 2.51. The van der Waals surface area contributed by atoms with Gasteiger partial charge in [-0.1, -0.05) is 18.2 Å². The van der Waals surface area contributed by atoms with E-state index in [1.807, 2.05) is 42.3 Å². The molecule has 0 radical (unpaired) electrons. The van der Waals surface area contributed by atoms with Gasteiger partial charge in [0, 0.05) is 60.3 Å². The molecular weight excluding hydrogens is 576 g/mol. The number of amides is 1. The topological polar surface area (TPSA) is 111 Å². The molecule has 9 rings (SSSR count). The van der Waals surface area contributed by atoms with Crippen molar-refractivity contribution >= 4 is 38.6 Å². The lowest BCUT2D eigenvalue weighted by atomic mass is 10.0. The van der Waals surface area contributed by atoms with Crippen LogP contribution in [0.25, 0.3) is 55.4 Å². The van der Waals surface area contributed by atoms with E-state index in [0.717, 1.165) is 75.9 Å². The Labute approximate surface area is 265 Å². The fraction of sp³-hybridized carbons (Fsp3) is 0.324. The van der Waals surface area contributed by atoms with Crippen molar-refractivity contribution in [3.8, 4) is 28.4 Å². The third-order valence-electron chi connectivity index (χ3n) is 10.7. The number of fused-ring (bicyclic) bond motifs is 5. The Morgan fingerprint density at radius 2 is 1.83 bits per heavy atom. The first-order chi connectivity index (χ1) is 22.4. The fourth-order valence-corrected chi connectivity index (χ4v) is 8.01. The minimum Gasteiger partial charge on any atom is -0.494 e. The number of hydrogen-bond donors (Lipinski definition) is 2. The predicted molar refractivity (Wildman–Crippen MR) is 180 cm³/mol. The van der Waals surface area contributed by atoms with Crippen molar-refractivity contribution in [2.75, 3.05) is 13.7 Å². The zero-order valence-corrected chi connectivity index (χ0v) is 26.0. The molecule has 3 N–H and O–H groups in total. The molecule has 2 unspecified atom stereocenters. The van der Waals surface area contributed by atoms with Crippen LogP contribution in [0.1, 0.15) is 36.0 Å². The number of benzene rings is 3. The SMILES string of the molecule is COc1cc(C(=O)N2CC3CCC2[C@@H]3N)cc2nc(-c3cc4ccc(-c5ccc6c(=O)[nH]ccc6c5)cc4n3CC3CC3)n(C)c12. The molecule has 9 heteroatoms. The number of aromatic nitrogens is 4. The highest BCUT2D eigenvalue weighted by Gasteiger charge is 2.47. The van der Waals surface area contributed by atoms with E-state index >= 15 is 0 Å². The molecule has 1 saturated heterocycles. The molecule has 2 bridgehead atoms. The number of piperidine rings is 1. The number of ether oxygens (including phenoxy) is 1. The van der Waals surface area contributed by atoms with Gasteiger partial charge in [-0.3, -0.25) is 9.59 Å². The number of H-pyrrole nitrogens is 1. The van der Waals surface area contributed by atoms with Crippen LogP contribution in [-0.4, -0.2) is 55.6 Å². The van der Waals surface area contributed by atoms with E-state index in [9.17, 15) is 9.59 Å². The lowest BCUT2D eigenvalue weighted by Crippen LogP contribution is -2.41. The van der Waals surface area contributed by atoms with Crippen molar-refractivity contribution in [1.29, 1.82) is 0 Å². The van der Waals surface area contributed by atoms with Gasteiger partial charge in [0.1, 0.15) is 11.3 Å². The number of aromatic amines is 1. The lowest BCUT2D eigenvalue weighted by molar-refractivity contribution is 0.0700. The predicted octanol–water partition coefficient (Wildman–Crippen LogP) is 5.68. The maximum absolute atomic E-state index is 13.8. The van der Waals surface area contributed by atoms with Gasteiger partial charge in [0.15, 0.2) is 5.82 Å². The Hall–Kier alpha value is -4.89. The highest BCUT2D eigenvalue weighted by atomic mass is 16.5. The van der Waals surface area contributed by atoms with E-state index in [4.69, 9.17) is 15.5 Å². The number of rotatable bonds is 6. The molecule has 9 nitrogen and oxygen atoms in total. The molecule has 3 aromatic heterocycles. The molecule has 1 aliphatic heterocycles. The summed E-state index contributed by atoms with van der Waals surface area (Å²) >= 11 is 0. The first kappa shape index (κ1) is 27.4. The molecule has 3 fully saturated rings. The van der Waals surface area contributed by atoms with Gasteiger partial charge in [-0.05, 0) is 96.5 Å². The van der Waals surface area contributed by atoms with Gasteiger partial charge in [0.2, 0.25) is 0 Å². The Bertz CT molecular complexity index is 2270. The third kappa shape index (κ3) is 4.14. The Morgan fingerprint density at radius 1 is 1.00 bits per heavy atom. The zero-order chi connectivity index (χ0) is 31.3. The highest BCUT2D eigenvalue weighted by Crippen LogP contribution is 2.41. The van der Waals surface area contributed by atoms with Gasteiger partial charge in [0.25, 0.3) is 11.5 Å². The zero-order valence-electron chi connectivity index (χ0n) is 26.0. The van der Waals surface area contributed by atoms with Gasteiger partial charge in [-0.2, -0.15) is 0 Å². The number of aryl methyl sites for hydroxylation is 1. The minimum absolute atomic E-state index is 0.00345. The molecule has 3 atom stereocenters. The molecule has 3 aromatic carbocycles. The average molecular weight is 613 g/mol. The number of carbonyl (C=O) groups excluding carboxylic acids is 1. The van der Waals surface area contributed by atoms with Crippen molar-refractivity contribution in [3.05, 3.63) is 82.8 Å². The molecule has 6 aromatic rings. The largest absolute Gasteiger partial charge is 0.494 e. The van der Waals surface area contributed by atoms with Crippen LogP contribution in [0.2, 0.25) is 0 Å². The van der Waals surface area contributed by atoms with Crippen molar-refractivity contribution in [1.82, 2.24) is 24.0 Å². The average Bonchev–Trinajstić information content (AvgIpc) is 3.47.